The summed E-state index contributed by atoms with van der Waals surface area (Å²) in [5.74, 6) is 2.25. The number of anilines is 1. The van der Waals surface area contributed by atoms with Crippen LogP contribution in [-0.4, -0.2) is 33.5 Å². The minimum absolute atomic E-state index is 0.102. The highest BCUT2D eigenvalue weighted by Crippen LogP contribution is 2.21. The maximum absolute atomic E-state index is 12.3. The van der Waals surface area contributed by atoms with E-state index >= 15 is 0 Å². The summed E-state index contributed by atoms with van der Waals surface area (Å²) in [5, 5.41) is 12.0. The summed E-state index contributed by atoms with van der Waals surface area (Å²) in [4.78, 5) is 12.3. The van der Waals surface area contributed by atoms with Crippen LogP contribution in [0.3, 0.4) is 0 Å². The van der Waals surface area contributed by atoms with Gasteiger partial charge in [0, 0.05) is 12.2 Å². The number of hydrogen-bond donors (Lipinski definition) is 1. The van der Waals surface area contributed by atoms with Gasteiger partial charge in [0.2, 0.25) is 5.91 Å². The number of carbonyl (C=O) groups is 1. The molecule has 3 rings (SSSR count). The van der Waals surface area contributed by atoms with Gasteiger partial charge >= 0.3 is 0 Å². The van der Waals surface area contributed by atoms with E-state index in [1.165, 1.54) is 11.8 Å². The lowest BCUT2D eigenvalue weighted by molar-refractivity contribution is -0.113. The highest BCUT2D eigenvalue weighted by Gasteiger charge is 2.14. The molecule has 2 aromatic carbocycles. The Morgan fingerprint density at radius 3 is 2.67 bits per heavy atom. The number of amides is 1. The Hall–Kier alpha value is -3.26. The molecule has 156 valence electrons. The first-order valence-electron chi connectivity index (χ1n) is 9.38. The van der Waals surface area contributed by atoms with Gasteiger partial charge in [-0.2, -0.15) is 0 Å². The lowest BCUT2D eigenvalue weighted by Crippen LogP contribution is -2.15. The molecule has 0 aliphatic carbocycles. The molecule has 0 aliphatic rings. The van der Waals surface area contributed by atoms with Gasteiger partial charge in [0.25, 0.3) is 0 Å². The van der Waals surface area contributed by atoms with Crippen LogP contribution < -0.4 is 14.8 Å². The van der Waals surface area contributed by atoms with Crippen molar-refractivity contribution in [2.75, 3.05) is 18.2 Å². The fourth-order valence-electron chi connectivity index (χ4n) is 2.71. The number of allylic oxidation sites excluding steroid dienone is 1. The van der Waals surface area contributed by atoms with Crippen molar-refractivity contribution in [1.82, 2.24) is 14.8 Å². The molecule has 1 N–H and O–H groups in total. The fourth-order valence-corrected chi connectivity index (χ4v) is 3.48. The summed E-state index contributed by atoms with van der Waals surface area (Å²) in [6.07, 6.45) is 1.76. The van der Waals surface area contributed by atoms with Crippen LogP contribution in [0.15, 0.2) is 66.3 Å². The zero-order chi connectivity index (χ0) is 21.3. The van der Waals surface area contributed by atoms with Crippen LogP contribution in [0.1, 0.15) is 11.4 Å². The second-order valence-corrected chi connectivity index (χ2v) is 7.41. The summed E-state index contributed by atoms with van der Waals surface area (Å²) in [7, 11) is 1.62. The second-order valence-electron chi connectivity index (χ2n) is 6.47. The molecule has 1 heterocycles. The van der Waals surface area contributed by atoms with Crippen molar-refractivity contribution in [2.24, 2.45) is 0 Å². The van der Waals surface area contributed by atoms with Gasteiger partial charge in [0.05, 0.1) is 12.9 Å². The molecular formula is C22H24N4O3S. The maximum Gasteiger partial charge on any atom is 0.234 e. The Kier molecular flexibility index (Phi) is 7.51. The summed E-state index contributed by atoms with van der Waals surface area (Å²) >= 11 is 1.32. The SMILES string of the molecule is C=CCn1c(COc2ccc(OC)cc2)nnc1SCC(=O)Nc1cccc(C)c1. The van der Waals surface area contributed by atoms with Crippen LogP contribution in [0.2, 0.25) is 0 Å². The quantitative estimate of drug-likeness (QED) is 0.390. The number of ether oxygens (including phenoxy) is 2. The van der Waals surface area contributed by atoms with Gasteiger partial charge < -0.3 is 14.8 Å². The molecule has 0 unspecified atom stereocenters. The predicted molar refractivity (Wildman–Crippen MR) is 118 cm³/mol. The molecule has 7 nitrogen and oxygen atoms in total. The first-order chi connectivity index (χ1) is 14.6. The molecule has 1 aromatic heterocycles. The number of methoxy groups -OCH3 is 1. The Morgan fingerprint density at radius 2 is 1.97 bits per heavy atom. The minimum Gasteiger partial charge on any atom is -0.497 e. The summed E-state index contributed by atoms with van der Waals surface area (Å²) < 4.78 is 12.8. The molecular weight excluding hydrogens is 400 g/mol. The molecule has 0 bridgehead atoms. The topological polar surface area (TPSA) is 78.3 Å². The lowest BCUT2D eigenvalue weighted by atomic mass is 10.2. The molecule has 0 aliphatic heterocycles. The molecule has 0 saturated heterocycles. The van der Waals surface area contributed by atoms with Gasteiger partial charge in [-0.05, 0) is 48.9 Å². The van der Waals surface area contributed by atoms with E-state index in [1.54, 1.807) is 13.2 Å². The number of nitrogens with zero attached hydrogens (tertiary/aromatic N) is 3. The third-order valence-electron chi connectivity index (χ3n) is 4.17. The molecule has 0 radical (unpaired) electrons. The van der Waals surface area contributed by atoms with Gasteiger partial charge in [0.15, 0.2) is 11.0 Å². The monoisotopic (exact) mass is 424 g/mol. The standard InChI is InChI=1S/C22H24N4O3S/c1-4-12-26-20(14-29-19-10-8-18(28-3)9-11-19)24-25-22(26)30-15-21(27)23-17-7-5-6-16(2)13-17/h4-11,13H,1,12,14-15H2,2-3H3,(H,23,27). The summed E-state index contributed by atoms with van der Waals surface area (Å²) in [5.41, 5.74) is 1.87. The van der Waals surface area contributed by atoms with Crippen molar-refractivity contribution in [1.29, 1.82) is 0 Å². The Morgan fingerprint density at radius 1 is 1.20 bits per heavy atom. The van der Waals surface area contributed by atoms with Crippen LogP contribution in [0.5, 0.6) is 11.5 Å². The maximum atomic E-state index is 12.3. The fraction of sp³-hybridized carbons (Fsp3) is 0.227. The zero-order valence-electron chi connectivity index (χ0n) is 17.0. The first-order valence-corrected chi connectivity index (χ1v) is 10.4. The van der Waals surface area contributed by atoms with E-state index in [0.717, 1.165) is 17.0 Å². The van der Waals surface area contributed by atoms with Crippen molar-refractivity contribution >= 4 is 23.4 Å². The highest BCUT2D eigenvalue weighted by atomic mass is 32.2. The zero-order valence-corrected chi connectivity index (χ0v) is 17.8. The third-order valence-corrected chi connectivity index (χ3v) is 5.13. The van der Waals surface area contributed by atoms with Crippen molar-refractivity contribution in [3.05, 3.63) is 72.6 Å². The predicted octanol–water partition coefficient (Wildman–Crippen LogP) is 4.09. The number of nitrogens with one attached hydrogen (secondary N) is 1. The van der Waals surface area contributed by atoms with Gasteiger partial charge in [0.1, 0.15) is 18.1 Å². The largest absolute Gasteiger partial charge is 0.497 e. The molecule has 8 heteroatoms. The third kappa shape index (κ3) is 5.87. The first kappa shape index (κ1) is 21.4. The van der Waals surface area contributed by atoms with E-state index in [1.807, 2.05) is 60.0 Å². The molecule has 30 heavy (non-hydrogen) atoms. The highest BCUT2D eigenvalue weighted by molar-refractivity contribution is 7.99. The smallest absolute Gasteiger partial charge is 0.234 e. The molecule has 3 aromatic rings. The molecule has 0 spiro atoms. The van der Waals surface area contributed by atoms with E-state index in [-0.39, 0.29) is 18.3 Å². The Balaban J connectivity index is 1.60. The van der Waals surface area contributed by atoms with E-state index < -0.39 is 0 Å². The number of carbonyl (C=O) groups excluding carboxylic acids is 1. The molecule has 0 atom stereocenters. The van der Waals surface area contributed by atoms with Gasteiger partial charge in [-0.15, -0.1) is 16.8 Å². The number of aryl methyl sites for hydroxylation is 1. The van der Waals surface area contributed by atoms with Crippen LogP contribution in [0.4, 0.5) is 5.69 Å². The van der Waals surface area contributed by atoms with E-state index in [2.05, 4.69) is 22.1 Å². The van der Waals surface area contributed by atoms with E-state index in [4.69, 9.17) is 9.47 Å². The molecule has 0 saturated carbocycles. The second kappa shape index (κ2) is 10.5. The van der Waals surface area contributed by atoms with Gasteiger partial charge in [-0.1, -0.05) is 30.0 Å². The minimum atomic E-state index is -0.102. The normalized spacial score (nSPS) is 10.5. The lowest BCUT2D eigenvalue weighted by Gasteiger charge is -2.10. The molecule has 0 fully saturated rings. The van der Waals surface area contributed by atoms with Crippen LogP contribution in [0, 0.1) is 6.92 Å². The molecule has 1 amide bonds. The van der Waals surface area contributed by atoms with Crippen LogP contribution >= 0.6 is 11.8 Å². The van der Waals surface area contributed by atoms with Crippen molar-refractivity contribution < 1.29 is 14.3 Å². The number of thioether (sulfide) groups is 1. The van der Waals surface area contributed by atoms with Gasteiger partial charge in [-0.25, -0.2) is 0 Å². The van der Waals surface area contributed by atoms with Gasteiger partial charge in [-0.3, -0.25) is 9.36 Å². The average molecular weight is 425 g/mol. The number of rotatable bonds is 10. The van der Waals surface area contributed by atoms with Crippen LogP contribution in [-0.2, 0) is 17.9 Å². The van der Waals surface area contributed by atoms with Crippen molar-refractivity contribution in [3.63, 3.8) is 0 Å². The Labute approximate surface area is 180 Å². The Bertz CT molecular complexity index is 1000. The number of hydrogen-bond acceptors (Lipinski definition) is 6. The van der Waals surface area contributed by atoms with E-state index in [9.17, 15) is 4.79 Å². The van der Waals surface area contributed by atoms with Crippen molar-refractivity contribution in [3.8, 4) is 11.5 Å². The van der Waals surface area contributed by atoms with E-state index in [0.29, 0.717) is 23.3 Å². The summed E-state index contributed by atoms with van der Waals surface area (Å²) in [6.45, 7) is 6.56. The average Bonchev–Trinajstić information content (AvgIpc) is 3.13. The summed E-state index contributed by atoms with van der Waals surface area (Å²) in [6, 6.07) is 15.0. The number of aromatic nitrogens is 3. The number of benzene rings is 2. The van der Waals surface area contributed by atoms with Crippen molar-refractivity contribution in [2.45, 2.75) is 25.2 Å². The van der Waals surface area contributed by atoms with Crippen LogP contribution in [0.25, 0.3) is 0 Å².